The Morgan fingerprint density at radius 1 is 0.650 bits per heavy atom. The summed E-state index contributed by atoms with van der Waals surface area (Å²) < 4.78 is 44.4. The number of phenolic OH excluding ortho intramolecular Hbond substituents is 1. The zero-order chi connectivity index (χ0) is 28.8. The van der Waals surface area contributed by atoms with Crippen molar-refractivity contribution >= 4 is 11.6 Å². The Morgan fingerprint density at radius 2 is 1.18 bits per heavy atom. The van der Waals surface area contributed by atoms with Crippen molar-refractivity contribution in [2.75, 3.05) is 49.8 Å². The number of phenols is 1. The maximum Gasteiger partial charge on any atom is 0.248 e. The van der Waals surface area contributed by atoms with Crippen LogP contribution in [0.4, 0.5) is 0 Å². The number of benzene rings is 3. The van der Waals surface area contributed by atoms with Gasteiger partial charge in [-0.3, -0.25) is 0 Å². The standard InChI is InChI=1S/C29H30N2O9/c1-33-21-11-16(8-9-20(21)32)10-19(17-12-22(34-2)26(38-6)23(13-17)35-3)29-31-30-28(40-29)18-14-24(36-4)27(39-7)25(15-18)37-5/h8-15,32H,1-7H3/b19-10+. The minimum atomic E-state index is 0.0106. The van der Waals surface area contributed by atoms with E-state index in [2.05, 4.69) is 10.2 Å². The molecule has 0 atom stereocenters. The zero-order valence-corrected chi connectivity index (χ0v) is 23.2. The molecule has 0 aliphatic heterocycles. The van der Waals surface area contributed by atoms with E-state index in [0.29, 0.717) is 62.5 Å². The van der Waals surface area contributed by atoms with Crippen LogP contribution in [0.5, 0.6) is 46.0 Å². The van der Waals surface area contributed by atoms with Crippen molar-refractivity contribution in [3.8, 4) is 57.5 Å². The number of aromatic hydroxyl groups is 1. The summed E-state index contributed by atoms with van der Waals surface area (Å²) in [7, 11) is 10.6. The van der Waals surface area contributed by atoms with E-state index in [-0.39, 0.29) is 17.5 Å². The molecule has 0 unspecified atom stereocenters. The van der Waals surface area contributed by atoms with Gasteiger partial charge in [0.05, 0.1) is 49.8 Å². The molecule has 0 fully saturated rings. The van der Waals surface area contributed by atoms with Crippen LogP contribution >= 0.6 is 0 Å². The summed E-state index contributed by atoms with van der Waals surface area (Å²) >= 11 is 0. The quantitative estimate of drug-likeness (QED) is 0.251. The summed E-state index contributed by atoms with van der Waals surface area (Å²) in [6.07, 6.45) is 1.81. The highest BCUT2D eigenvalue weighted by Crippen LogP contribution is 2.43. The molecule has 0 saturated heterocycles. The molecular weight excluding hydrogens is 520 g/mol. The summed E-state index contributed by atoms with van der Waals surface area (Å²) in [5.41, 5.74) is 2.44. The van der Waals surface area contributed by atoms with E-state index in [1.54, 1.807) is 36.4 Å². The highest BCUT2D eigenvalue weighted by Gasteiger charge is 2.22. The first kappa shape index (κ1) is 28.0. The molecule has 210 valence electrons. The van der Waals surface area contributed by atoms with Gasteiger partial charge in [-0.15, -0.1) is 10.2 Å². The van der Waals surface area contributed by atoms with Crippen LogP contribution < -0.4 is 33.2 Å². The third kappa shape index (κ3) is 5.39. The Balaban J connectivity index is 1.91. The number of hydrogen-bond acceptors (Lipinski definition) is 11. The summed E-state index contributed by atoms with van der Waals surface area (Å²) in [5, 5.41) is 18.7. The molecule has 1 N–H and O–H groups in total. The second kappa shape index (κ2) is 12.2. The van der Waals surface area contributed by atoms with Crippen LogP contribution in [-0.4, -0.2) is 65.1 Å². The first-order valence-corrected chi connectivity index (χ1v) is 11.9. The summed E-state index contributed by atoms with van der Waals surface area (Å²) in [6.45, 7) is 0. The fraction of sp³-hybridized carbons (Fsp3) is 0.241. The lowest BCUT2D eigenvalue weighted by molar-refractivity contribution is 0.324. The van der Waals surface area contributed by atoms with Crippen LogP contribution in [0, 0.1) is 0 Å². The van der Waals surface area contributed by atoms with Crippen molar-refractivity contribution in [1.82, 2.24) is 10.2 Å². The predicted octanol–water partition coefficient (Wildman–Crippen LogP) is 5.09. The van der Waals surface area contributed by atoms with Gasteiger partial charge in [0.2, 0.25) is 23.3 Å². The van der Waals surface area contributed by atoms with Crippen LogP contribution in [0.2, 0.25) is 0 Å². The van der Waals surface area contributed by atoms with Crippen LogP contribution in [0.25, 0.3) is 23.1 Å². The molecule has 0 spiro atoms. The fourth-order valence-corrected chi connectivity index (χ4v) is 4.11. The molecule has 0 aliphatic carbocycles. The Bertz CT molecular complexity index is 1480. The van der Waals surface area contributed by atoms with Gasteiger partial charge in [0, 0.05) is 11.1 Å². The number of hydrogen-bond donors (Lipinski definition) is 1. The third-order valence-corrected chi connectivity index (χ3v) is 6.06. The molecule has 4 rings (SSSR count). The number of ether oxygens (including phenoxy) is 7. The number of methoxy groups -OCH3 is 7. The highest BCUT2D eigenvalue weighted by molar-refractivity contribution is 5.90. The Morgan fingerprint density at radius 3 is 1.68 bits per heavy atom. The van der Waals surface area contributed by atoms with Gasteiger partial charge >= 0.3 is 0 Å². The predicted molar refractivity (Wildman–Crippen MR) is 147 cm³/mol. The van der Waals surface area contributed by atoms with E-state index in [1.807, 2.05) is 6.08 Å². The van der Waals surface area contributed by atoms with E-state index >= 15 is 0 Å². The van der Waals surface area contributed by atoms with Crippen molar-refractivity contribution in [3.05, 3.63) is 59.5 Å². The lowest BCUT2D eigenvalue weighted by Crippen LogP contribution is -1.98. The molecular formula is C29H30N2O9. The van der Waals surface area contributed by atoms with Crippen LogP contribution in [-0.2, 0) is 0 Å². The molecule has 3 aromatic carbocycles. The molecule has 11 heteroatoms. The minimum Gasteiger partial charge on any atom is -0.504 e. The van der Waals surface area contributed by atoms with Gasteiger partial charge in [0.1, 0.15) is 0 Å². The van der Waals surface area contributed by atoms with Crippen LogP contribution in [0.1, 0.15) is 17.0 Å². The lowest BCUT2D eigenvalue weighted by atomic mass is 10.0. The molecule has 11 nitrogen and oxygen atoms in total. The van der Waals surface area contributed by atoms with Crippen molar-refractivity contribution < 1.29 is 42.7 Å². The van der Waals surface area contributed by atoms with Gasteiger partial charge in [-0.05, 0) is 53.6 Å². The SMILES string of the molecule is COc1cc(/C=C(\c2cc(OC)c(OC)c(OC)c2)c2nnc(-c3cc(OC)c(OC)c(OC)c3)o2)ccc1O. The highest BCUT2D eigenvalue weighted by atomic mass is 16.5. The van der Waals surface area contributed by atoms with Gasteiger partial charge in [-0.25, -0.2) is 0 Å². The van der Waals surface area contributed by atoms with Gasteiger partial charge in [-0.2, -0.15) is 0 Å². The maximum atomic E-state index is 10.1. The van der Waals surface area contributed by atoms with E-state index in [0.717, 1.165) is 0 Å². The molecule has 1 aromatic heterocycles. The van der Waals surface area contributed by atoms with Crippen molar-refractivity contribution in [1.29, 1.82) is 0 Å². The largest absolute Gasteiger partial charge is 0.504 e. The van der Waals surface area contributed by atoms with Gasteiger partial charge in [-0.1, -0.05) is 6.07 Å². The topological polar surface area (TPSA) is 124 Å². The van der Waals surface area contributed by atoms with Gasteiger partial charge < -0.3 is 42.7 Å². The summed E-state index contributed by atoms with van der Waals surface area (Å²) in [5.74, 6) is 3.36. The average molecular weight is 551 g/mol. The molecule has 40 heavy (non-hydrogen) atoms. The first-order valence-electron chi connectivity index (χ1n) is 11.9. The Kier molecular flexibility index (Phi) is 8.53. The normalized spacial score (nSPS) is 11.1. The molecule has 0 aliphatic rings. The average Bonchev–Trinajstić information content (AvgIpc) is 3.49. The van der Waals surface area contributed by atoms with E-state index in [4.69, 9.17) is 37.6 Å². The van der Waals surface area contributed by atoms with Crippen LogP contribution in [0.3, 0.4) is 0 Å². The second-order valence-electron chi connectivity index (χ2n) is 8.23. The number of nitrogens with zero attached hydrogens (tertiary/aromatic N) is 2. The Hall–Kier alpha value is -5.06. The zero-order valence-electron chi connectivity index (χ0n) is 23.2. The summed E-state index contributed by atoms with van der Waals surface area (Å²) in [4.78, 5) is 0. The Labute approximate surface area is 231 Å². The lowest BCUT2D eigenvalue weighted by Gasteiger charge is -2.15. The van der Waals surface area contributed by atoms with Crippen molar-refractivity contribution in [2.24, 2.45) is 0 Å². The van der Waals surface area contributed by atoms with Gasteiger partial charge in [0.25, 0.3) is 0 Å². The number of rotatable bonds is 11. The molecule has 4 aromatic rings. The number of aromatic nitrogens is 2. The van der Waals surface area contributed by atoms with Crippen molar-refractivity contribution in [3.63, 3.8) is 0 Å². The molecule has 0 radical (unpaired) electrons. The third-order valence-electron chi connectivity index (χ3n) is 6.06. The molecule has 0 saturated carbocycles. The molecule has 0 bridgehead atoms. The van der Waals surface area contributed by atoms with Gasteiger partial charge in [0.15, 0.2) is 34.5 Å². The van der Waals surface area contributed by atoms with E-state index < -0.39 is 0 Å². The molecule has 1 heterocycles. The second-order valence-corrected chi connectivity index (χ2v) is 8.23. The molecule has 0 amide bonds. The summed E-state index contributed by atoms with van der Waals surface area (Å²) in [6, 6.07) is 11.9. The van der Waals surface area contributed by atoms with E-state index in [1.165, 1.54) is 55.8 Å². The first-order chi connectivity index (χ1) is 19.4. The minimum absolute atomic E-state index is 0.0106. The monoisotopic (exact) mass is 550 g/mol. The van der Waals surface area contributed by atoms with Crippen LogP contribution in [0.15, 0.2) is 46.9 Å². The van der Waals surface area contributed by atoms with E-state index in [9.17, 15) is 5.11 Å². The smallest absolute Gasteiger partial charge is 0.248 e. The maximum absolute atomic E-state index is 10.1. The van der Waals surface area contributed by atoms with Crippen molar-refractivity contribution in [2.45, 2.75) is 0 Å². The fourth-order valence-electron chi connectivity index (χ4n) is 4.11.